The minimum atomic E-state index is -0.731. The largest absolute Gasteiger partial charge is 0.481 e. The van der Waals surface area contributed by atoms with Gasteiger partial charge in [0.1, 0.15) is 11.6 Å². The van der Waals surface area contributed by atoms with E-state index in [0.29, 0.717) is 22.7 Å². The Morgan fingerprint density at radius 2 is 1.70 bits per heavy atom. The molecule has 1 unspecified atom stereocenters. The minimum absolute atomic E-state index is 0.0867. The zero-order valence-corrected chi connectivity index (χ0v) is 17.2. The smallest absolute Gasteiger partial charge is 0.265 e. The zero-order chi connectivity index (χ0) is 21.7. The van der Waals surface area contributed by atoms with Gasteiger partial charge in [-0.25, -0.2) is 4.39 Å². The number of rotatable bonds is 6. The molecule has 154 valence electrons. The Kier molecular flexibility index (Phi) is 6.69. The van der Waals surface area contributed by atoms with Crippen LogP contribution < -0.4 is 15.4 Å². The first-order chi connectivity index (χ1) is 14.3. The quantitative estimate of drug-likeness (QED) is 0.551. The highest BCUT2D eigenvalue weighted by Crippen LogP contribution is 2.21. The lowest BCUT2D eigenvalue weighted by atomic mass is 10.1. The Morgan fingerprint density at radius 1 is 0.967 bits per heavy atom. The van der Waals surface area contributed by atoms with E-state index in [9.17, 15) is 14.0 Å². The lowest BCUT2D eigenvalue weighted by molar-refractivity contribution is -0.122. The molecule has 0 bridgehead atoms. The number of hydrogen-bond donors (Lipinski definition) is 2. The van der Waals surface area contributed by atoms with Crippen molar-refractivity contribution in [2.24, 2.45) is 0 Å². The van der Waals surface area contributed by atoms with Crippen molar-refractivity contribution in [2.75, 3.05) is 10.6 Å². The van der Waals surface area contributed by atoms with Gasteiger partial charge in [-0.3, -0.25) is 9.59 Å². The molecule has 5 nitrogen and oxygen atoms in total. The number of halogens is 2. The lowest BCUT2D eigenvalue weighted by Crippen LogP contribution is -2.30. The van der Waals surface area contributed by atoms with Crippen molar-refractivity contribution in [3.05, 3.63) is 88.7 Å². The first kappa shape index (κ1) is 21.3. The zero-order valence-electron chi connectivity index (χ0n) is 16.4. The predicted molar refractivity (Wildman–Crippen MR) is 116 cm³/mol. The molecular formula is C23H20ClFN2O3. The van der Waals surface area contributed by atoms with Gasteiger partial charge in [0.15, 0.2) is 6.10 Å². The van der Waals surface area contributed by atoms with Crippen molar-refractivity contribution in [3.8, 4) is 5.75 Å². The molecule has 0 saturated heterocycles. The monoisotopic (exact) mass is 426 g/mol. The second kappa shape index (κ2) is 9.41. The van der Waals surface area contributed by atoms with Gasteiger partial charge in [0, 0.05) is 16.9 Å². The van der Waals surface area contributed by atoms with Crippen LogP contribution in [-0.2, 0) is 4.79 Å². The predicted octanol–water partition coefficient (Wildman–Crippen LogP) is 5.45. The van der Waals surface area contributed by atoms with Crippen LogP contribution >= 0.6 is 11.6 Å². The molecular weight excluding hydrogens is 407 g/mol. The average Bonchev–Trinajstić information content (AvgIpc) is 2.71. The van der Waals surface area contributed by atoms with Gasteiger partial charge in [0.2, 0.25) is 0 Å². The molecule has 0 aliphatic heterocycles. The van der Waals surface area contributed by atoms with Crippen molar-refractivity contribution in [2.45, 2.75) is 20.0 Å². The molecule has 0 radical (unpaired) electrons. The summed E-state index contributed by atoms with van der Waals surface area (Å²) in [5.41, 5.74) is 2.16. The summed E-state index contributed by atoms with van der Waals surface area (Å²) in [5, 5.41) is 5.29. The van der Waals surface area contributed by atoms with Crippen LogP contribution in [0.25, 0.3) is 0 Å². The standard InChI is InChI=1S/C23H20ClFN2O3/c1-14-5-3-8-19(11-14)30-15(2)22(28)26-17-7-4-6-16(12-17)23(29)27-18-9-10-21(25)20(24)13-18/h3-13,15H,1-2H3,(H,26,28)(H,27,29). The van der Waals surface area contributed by atoms with E-state index in [1.54, 1.807) is 31.2 Å². The van der Waals surface area contributed by atoms with E-state index in [2.05, 4.69) is 10.6 Å². The summed E-state index contributed by atoms with van der Waals surface area (Å²) >= 11 is 5.74. The van der Waals surface area contributed by atoms with Gasteiger partial charge in [-0.2, -0.15) is 0 Å². The molecule has 0 saturated carbocycles. The van der Waals surface area contributed by atoms with Gasteiger partial charge in [0.25, 0.3) is 11.8 Å². The number of anilines is 2. The number of carbonyl (C=O) groups excluding carboxylic acids is 2. The molecule has 30 heavy (non-hydrogen) atoms. The Hall–Kier alpha value is -3.38. The number of carbonyl (C=O) groups is 2. The van der Waals surface area contributed by atoms with Crippen molar-refractivity contribution in [1.82, 2.24) is 0 Å². The minimum Gasteiger partial charge on any atom is -0.481 e. The number of nitrogens with one attached hydrogen (secondary N) is 2. The maximum atomic E-state index is 13.3. The SMILES string of the molecule is Cc1cccc(OC(C)C(=O)Nc2cccc(C(=O)Nc3ccc(F)c(Cl)c3)c2)c1. The van der Waals surface area contributed by atoms with Crippen LogP contribution in [0.3, 0.4) is 0 Å². The topological polar surface area (TPSA) is 67.4 Å². The molecule has 0 spiro atoms. The normalized spacial score (nSPS) is 11.5. The fraction of sp³-hybridized carbons (Fsp3) is 0.130. The van der Waals surface area contributed by atoms with Gasteiger partial charge in [0.05, 0.1) is 5.02 Å². The van der Waals surface area contributed by atoms with Gasteiger partial charge < -0.3 is 15.4 Å². The summed E-state index contributed by atoms with van der Waals surface area (Å²) < 4.78 is 18.9. The highest BCUT2D eigenvalue weighted by molar-refractivity contribution is 6.31. The molecule has 3 aromatic carbocycles. The van der Waals surface area contributed by atoms with Crippen LogP contribution in [0.15, 0.2) is 66.7 Å². The van der Waals surface area contributed by atoms with Crippen LogP contribution in [0.5, 0.6) is 5.75 Å². The summed E-state index contributed by atoms with van der Waals surface area (Å²) in [6.07, 6.45) is -0.731. The average molecular weight is 427 g/mol. The molecule has 0 heterocycles. The Bertz CT molecular complexity index is 1090. The van der Waals surface area contributed by atoms with E-state index in [0.717, 1.165) is 5.56 Å². The Balaban J connectivity index is 1.64. The van der Waals surface area contributed by atoms with Gasteiger partial charge in [-0.15, -0.1) is 0 Å². The van der Waals surface area contributed by atoms with E-state index >= 15 is 0 Å². The summed E-state index contributed by atoms with van der Waals surface area (Å²) in [5.74, 6) is -0.734. The summed E-state index contributed by atoms with van der Waals surface area (Å²) in [7, 11) is 0. The van der Waals surface area contributed by atoms with E-state index in [1.807, 2.05) is 25.1 Å². The number of amides is 2. The molecule has 3 aromatic rings. The van der Waals surface area contributed by atoms with Crippen molar-refractivity contribution < 1.29 is 18.7 Å². The second-order valence-corrected chi connectivity index (χ2v) is 7.14. The number of benzene rings is 3. The second-order valence-electron chi connectivity index (χ2n) is 6.73. The maximum absolute atomic E-state index is 13.3. The lowest BCUT2D eigenvalue weighted by Gasteiger charge is -2.15. The molecule has 2 amide bonds. The van der Waals surface area contributed by atoms with Crippen LogP contribution in [0.1, 0.15) is 22.8 Å². The van der Waals surface area contributed by atoms with Crippen LogP contribution in [0.4, 0.5) is 15.8 Å². The van der Waals surface area contributed by atoms with Gasteiger partial charge in [-0.1, -0.05) is 29.8 Å². The molecule has 0 aromatic heterocycles. The number of aryl methyl sites for hydroxylation is 1. The Labute approximate surface area is 178 Å². The van der Waals surface area contributed by atoms with Crippen LogP contribution in [0, 0.1) is 12.7 Å². The third-order valence-electron chi connectivity index (χ3n) is 4.24. The Morgan fingerprint density at radius 3 is 2.43 bits per heavy atom. The first-order valence-corrected chi connectivity index (χ1v) is 9.60. The number of ether oxygens (including phenoxy) is 1. The summed E-state index contributed by atoms with van der Waals surface area (Å²) in [6, 6.07) is 17.8. The van der Waals surface area contributed by atoms with E-state index in [4.69, 9.17) is 16.3 Å². The van der Waals surface area contributed by atoms with Crippen molar-refractivity contribution in [1.29, 1.82) is 0 Å². The fourth-order valence-corrected chi connectivity index (χ4v) is 2.89. The molecule has 0 fully saturated rings. The first-order valence-electron chi connectivity index (χ1n) is 9.22. The molecule has 2 N–H and O–H groups in total. The van der Waals surface area contributed by atoms with Crippen molar-refractivity contribution in [3.63, 3.8) is 0 Å². The molecule has 1 atom stereocenters. The van der Waals surface area contributed by atoms with E-state index in [-0.39, 0.29) is 10.9 Å². The third-order valence-corrected chi connectivity index (χ3v) is 4.53. The van der Waals surface area contributed by atoms with Crippen LogP contribution in [-0.4, -0.2) is 17.9 Å². The van der Waals surface area contributed by atoms with Gasteiger partial charge >= 0.3 is 0 Å². The summed E-state index contributed by atoms with van der Waals surface area (Å²) in [4.78, 5) is 24.9. The third kappa shape index (κ3) is 5.58. The van der Waals surface area contributed by atoms with E-state index < -0.39 is 17.8 Å². The maximum Gasteiger partial charge on any atom is 0.265 e. The van der Waals surface area contributed by atoms with Crippen molar-refractivity contribution >= 4 is 34.8 Å². The highest BCUT2D eigenvalue weighted by Gasteiger charge is 2.16. The highest BCUT2D eigenvalue weighted by atomic mass is 35.5. The van der Waals surface area contributed by atoms with Gasteiger partial charge in [-0.05, 0) is 67.9 Å². The molecule has 0 aliphatic carbocycles. The molecule has 7 heteroatoms. The molecule has 0 aliphatic rings. The van der Waals surface area contributed by atoms with Crippen LogP contribution in [0.2, 0.25) is 5.02 Å². The summed E-state index contributed by atoms with van der Waals surface area (Å²) in [6.45, 7) is 3.58. The molecule has 3 rings (SSSR count). The number of hydrogen-bond acceptors (Lipinski definition) is 3. The fourth-order valence-electron chi connectivity index (χ4n) is 2.71. The van der Waals surface area contributed by atoms with E-state index in [1.165, 1.54) is 24.3 Å².